The number of hydrogen-bond acceptors (Lipinski definition) is 8. The highest BCUT2D eigenvalue weighted by Gasteiger charge is 2.34. The van der Waals surface area contributed by atoms with E-state index in [9.17, 15) is 0 Å². The van der Waals surface area contributed by atoms with Crippen LogP contribution < -0.4 is 0 Å². The molecule has 1 atom stereocenters. The Labute approximate surface area is 118 Å². The minimum absolute atomic E-state index is 0.151. The molecule has 0 aromatic heterocycles. The lowest BCUT2D eigenvalue weighted by Crippen LogP contribution is -2.41. The van der Waals surface area contributed by atoms with Gasteiger partial charge in [-0.25, -0.2) is 0 Å². The minimum Gasteiger partial charge on any atom is -0.396 e. The van der Waals surface area contributed by atoms with Gasteiger partial charge in [0.15, 0.2) is 0 Å². The molecule has 0 saturated heterocycles. The van der Waals surface area contributed by atoms with Crippen molar-refractivity contribution in [1.29, 1.82) is 0 Å². The van der Waals surface area contributed by atoms with Gasteiger partial charge in [-0.05, 0) is 5.92 Å². The molecule has 0 aliphatic rings. The van der Waals surface area contributed by atoms with Crippen molar-refractivity contribution in [3.8, 4) is 0 Å². The van der Waals surface area contributed by atoms with Crippen molar-refractivity contribution in [1.82, 2.24) is 0 Å². The Kier molecular flexibility index (Phi) is 12.5. The highest BCUT2D eigenvalue weighted by atomic mass is 16.3. The van der Waals surface area contributed by atoms with Gasteiger partial charge in [0.1, 0.15) is 0 Å². The molecular weight excluding hydrogens is 272 g/mol. The van der Waals surface area contributed by atoms with E-state index < -0.39 is 37.3 Å². The molecule has 0 heterocycles. The molecule has 0 aromatic rings. The van der Waals surface area contributed by atoms with E-state index >= 15 is 0 Å². The van der Waals surface area contributed by atoms with Crippen LogP contribution in [0.2, 0.25) is 0 Å². The fraction of sp³-hybridized carbons (Fsp3) is 1.00. The van der Waals surface area contributed by atoms with E-state index in [0.29, 0.717) is 0 Å². The number of aliphatic hydroxyl groups is 8. The molecule has 0 amide bonds. The van der Waals surface area contributed by atoms with Gasteiger partial charge in [0.05, 0.1) is 51.7 Å². The smallest absolute Gasteiger partial charge is 0.0627 e. The van der Waals surface area contributed by atoms with Gasteiger partial charge in [0.25, 0.3) is 0 Å². The van der Waals surface area contributed by atoms with Gasteiger partial charge in [-0.2, -0.15) is 0 Å². The normalized spacial score (nSPS) is 13.7. The SMILES string of the molecule is CC(CO)C(CO)(CO)CO.OCC(CO)(CO)CO. The Balaban J connectivity index is 0. The van der Waals surface area contributed by atoms with Crippen molar-refractivity contribution in [3.63, 3.8) is 0 Å². The van der Waals surface area contributed by atoms with Crippen molar-refractivity contribution in [3.05, 3.63) is 0 Å². The number of hydrogen-bond donors (Lipinski definition) is 8. The molecule has 0 fully saturated rings. The zero-order valence-electron chi connectivity index (χ0n) is 11.8. The minimum atomic E-state index is -1.11. The van der Waals surface area contributed by atoms with Crippen LogP contribution in [0.3, 0.4) is 0 Å². The molecule has 0 aromatic carbocycles. The van der Waals surface area contributed by atoms with Gasteiger partial charge < -0.3 is 40.9 Å². The summed E-state index contributed by atoms with van der Waals surface area (Å²) < 4.78 is 0. The van der Waals surface area contributed by atoms with Crippen molar-refractivity contribution in [2.24, 2.45) is 16.7 Å². The standard InChI is InChI=1S/C7H16O4.C5H12O4/c1-6(2-8)7(3-9,4-10)5-11;6-1-5(2-7,3-8)4-9/h6,8-11H,2-5H2,1H3;6-9H,1-4H2. The van der Waals surface area contributed by atoms with Crippen LogP contribution in [-0.4, -0.2) is 93.7 Å². The van der Waals surface area contributed by atoms with Gasteiger partial charge in [0.2, 0.25) is 0 Å². The molecule has 0 bridgehead atoms. The lowest BCUT2D eigenvalue weighted by molar-refractivity contribution is -0.0484. The first-order chi connectivity index (χ1) is 9.41. The number of rotatable bonds is 9. The summed E-state index contributed by atoms with van der Waals surface area (Å²) in [5, 5.41) is 69.3. The van der Waals surface area contributed by atoms with Crippen molar-refractivity contribution >= 4 is 0 Å². The van der Waals surface area contributed by atoms with E-state index in [1.54, 1.807) is 6.92 Å². The molecule has 0 radical (unpaired) electrons. The van der Waals surface area contributed by atoms with E-state index in [0.717, 1.165) is 0 Å². The van der Waals surface area contributed by atoms with Crippen molar-refractivity contribution in [2.45, 2.75) is 6.92 Å². The second kappa shape index (κ2) is 11.4. The third kappa shape index (κ3) is 5.98. The molecule has 0 aliphatic heterocycles. The molecular formula is C12H28O8. The molecule has 8 nitrogen and oxygen atoms in total. The number of aliphatic hydroxyl groups excluding tert-OH is 8. The molecule has 8 heteroatoms. The van der Waals surface area contributed by atoms with Crippen LogP contribution >= 0.6 is 0 Å². The first-order valence-corrected chi connectivity index (χ1v) is 6.28. The topological polar surface area (TPSA) is 162 Å². The molecule has 20 heavy (non-hydrogen) atoms. The van der Waals surface area contributed by atoms with Crippen molar-refractivity contribution in [2.75, 3.05) is 52.9 Å². The Morgan fingerprint density at radius 1 is 0.600 bits per heavy atom. The largest absolute Gasteiger partial charge is 0.396 e. The lowest BCUT2D eigenvalue weighted by Gasteiger charge is -2.32. The highest BCUT2D eigenvalue weighted by molar-refractivity contribution is 4.82. The summed E-state index contributed by atoms with van der Waals surface area (Å²) in [7, 11) is 0. The van der Waals surface area contributed by atoms with Crippen LogP contribution in [0, 0.1) is 16.7 Å². The second-order valence-electron chi connectivity index (χ2n) is 5.05. The monoisotopic (exact) mass is 300 g/mol. The fourth-order valence-corrected chi connectivity index (χ4v) is 1.11. The molecule has 1 unspecified atom stereocenters. The summed E-state index contributed by atoms with van der Waals surface area (Å²) in [6, 6.07) is 0. The average Bonchev–Trinajstić information content (AvgIpc) is 2.52. The molecule has 0 saturated carbocycles. The van der Waals surface area contributed by atoms with Crippen molar-refractivity contribution < 1.29 is 40.9 Å². The van der Waals surface area contributed by atoms with Gasteiger partial charge >= 0.3 is 0 Å². The molecule has 0 aliphatic carbocycles. The zero-order valence-corrected chi connectivity index (χ0v) is 11.8. The average molecular weight is 300 g/mol. The van der Waals surface area contributed by atoms with Gasteiger partial charge in [-0.3, -0.25) is 0 Å². The summed E-state index contributed by atoms with van der Waals surface area (Å²) in [6.07, 6.45) is 0. The molecule has 124 valence electrons. The second-order valence-corrected chi connectivity index (χ2v) is 5.05. The van der Waals surface area contributed by atoms with E-state index in [-0.39, 0.29) is 32.3 Å². The third-order valence-electron chi connectivity index (χ3n) is 3.61. The maximum absolute atomic E-state index is 8.85. The summed E-state index contributed by atoms with van der Waals surface area (Å²) in [5.74, 6) is -0.303. The van der Waals surface area contributed by atoms with E-state index in [4.69, 9.17) is 40.9 Å². The quantitative estimate of drug-likeness (QED) is 0.218. The van der Waals surface area contributed by atoms with Crippen LogP contribution in [0.5, 0.6) is 0 Å². The molecule has 0 spiro atoms. The Hall–Kier alpha value is -0.320. The fourth-order valence-electron chi connectivity index (χ4n) is 1.11. The van der Waals surface area contributed by atoms with E-state index in [1.807, 2.05) is 0 Å². The predicted molar refractivity (Wildman–Crippen MR) is 70.7 cm³/mol. The summed E-state index contributed by atoms with van der Waals surface area (Å²) in [6.45, 7) is -1.06. The Morgan fingerprint density at radius 2 is 0.900 bits per heavy atom. The molecule has 0 rings (SSSR count). The summed E-state index contributed by atoms with van der Waals surface area (Å²) in [5.41, 5.74) is -2.06. The Morgan fingerprint density at radius 3 is 0.950 bits per heavy atom. The summed E-state index contributed by atoms with van der Waals surface area (Å²) in [4.78, 5) is 0. The van der Waals surface area contributed by atoms with E-state index in [2.05, 4.69) is 0 Å². The van der Waals surface area contributed by atoms with Gasteiger partial charge in [-0.1, -0.05) is 6.92 Å². The summed E-state index contributed by atoms with van der Waals surface area (Å²) >= 11 is 0. The zero-order chi connectivity index (χ0) is 16.2. The van der Waals surface area contributed by atoms with Crippen LogP contribution in [0.15, 0.2) is 0 Å². The molecule has 8 N–H and O–H groups in total. The predicted octanol–water partition coefficient (Wildman–Crippen LogP) is -3.48. The maximum Gasteiger partial charge on any atom is 0.0627 e. The van der Waals surface area contributed by atoms with Gasteiger partial charge in [-0.15, -0.1) is 0 Å². The van der Waals surface area contributed by atoms with E-state index in [1.165, 1.54) is 0 Å². The van der Waals surface area contributed by atoms with Crippen LogP contribution in [0.4, 0.5) is 0 Å². The van der Waals surface area contributed by atoms with Gasteiger partial charge in [0, 0.05) is 12.0 Å². The highest BCUT2D eigenvalue weighted by Crippen LogP contribution is 2.25. The Bertz CT molecular complexity index is 190. The maximum atomic E-state index is 8.85. The van der Waals surface area contributed by atoms with Crippen LogP contribution in [-0.2, 0) is 0 Å². The van der Waals surface area contributed by atoms with Crippen LogP contribution in [0.1, 0.15) is 6.92 Å². The lowest BCUT2D eigenvalue weighted by atomic mass is 9.79. The van der Waals surface area contributed by atoms with Crippen LogP contribution in [0.25, 0.3) is 0 Å². The first kappa shape index (κ1) is 22.0. The first-order valence-electron chi connectivity index (χ1n) is 6.28. The third-order valence-corrected chi connectivity index (χ3v) is 3.61.